The van der Waals surface area contributed by atoms with Gasteiger partial charge in [0.1, 0.15) is 0 Å². The average Bonchev–Trinajstić information content (AvgIpc) is 2.25. The van der Waals surface area contributed by atoms with Gasteiger partial charge < -0.3 is 4.90 Å². The quantitative estimate of drug-likeness (QED) is 0.556. The first-order valence-corrected chi connectivity index (χ1v) is 5.85. The van der Waals surface area contributed by atoms with Crippen molar-refractivity contribution in [3.8, 4) is 0 Å². The molecule has 0 aliphatic rings. The molecule has 14 heavy (non-hydrogen) atoms. The Morgan fingerprint density at radius 1 is 1.07 bits per heavy atom. The van der Waals surface area contributed by atoms with E-state index < -0.39 is 0 Å². The molecule has 0 saturated carbocycles. The highest BCUT2D eigenvalue weighted by Gasteiger charge is 1.98. The number of benzene rings is 1. The maximum Gasteiger partial charge on any atom is 0.0363 e. The third kappa shape index (κ3) is 4.05. The fourth-order valence-corrected chi connectivity index (χ4v) is 1.67. The molecule has 0 aliphatic carbocycles. The minimum absolute atomic E-state index is 1.01. The summed E-state index contributed by atoms with van der Waals surface area (Å²) in [5.74, 6) is 1.01. The number of para-hydroxylation sites is 1. The summed E-state index contributed by atoms with van der Waals surface area (Å²) in [6.07, 6.45) is 3.76. The highest BCUT2D eigenvalue weighted by molar-refractivity contribution is 7.80. The van der Waals surface area contributed by atoms with Gasteiger partial charge >= 0.3 is 0 Å². The Bertz CT molecular complexity index is 235. The summed E-state index contributed by atoms with van der Waals surface area (Å²) in [4.78, 5) is 2.30. The lowest BCUT2D eigenvalue weighted by molar-refractivity contribution is 0.710. The predicted molar refractivity (Wildman–Crippen MR) is 67.4 cm³/mol. The van der Waals surface area contributed by atoms with E-state index in [1.54, 1.807) is 0 Å². The first-order valence-electron chi connectivity index (χ1n) is 5.21. The van der Waals surface area contributed by atoms with Crippen LogP contribution in [0.1, 0.15) is 19.3 Å². The maximum atomic E-state index is 4.20. The molecule has 1 rings (SSSR count). The van der Waals surface area contributed by atoms with Crippen molar-refractivity contribution < 1.29 is 0 Å². The number of unbranched alkanes of at least 4 members (excludes halogenated alkanes) is 2. The van der Waals surface area contributed by atoms with Crippen LogP contribution in [0.3, 0.4) is 0 Å². The van der Waals surface area contributed by atoms with Crippen LogP contribution in [0.25, 0.3) is 0 Å². The van der Waals surface area contributed by atoms with Gasteiger partial charge in [-0.15, -0.1) is 0 Å². The second kappa shape index (κ2) is 6.77. The molecule has 0 N–H and O–H groups in total. The molecule has 1 aromatic carbocycles. The molecule has 0 radical (unpaired) electrons. The van der Waals surface area contributed by atoms with Crippen molar-refractivity contribution in [3.63, 3.8) is 0 Å². The van der Waals surface area contributed by atoms with Crippen LogP contribution in [-0.2, 0) is 0 Å². The molecule has 0 bridgehead atoms. The van der Waals surface area contributed by atoms with Gasteiger partial charge in [0.25, 0.3) is 0 Å². The fraction of sp³-hybridized carbons (Fsp3) is 0.500. The molecule has 1 nitrogen and oxygen atoms in total. The van der Waals surface area contributed by atoms with Gasteiger partial charge in [-0.25, -0.2) is 0 Å². The second-order valence-corrected chi connectivity index (χ2v) is 3.99. The third-order valence-electron chi connectivity index (χ3n) is 2.35. The van der Waals surface area contributed by atoms with Crippen molar-refractivity contribution in [1.82, 2.24) is 0 Å². The Labute approximate surface area is 92.5 Å². The van der Waals surface area contributed by atoms with Crippen molar-refractivity contribution in [2.45, 2.75) is 19.3 Å². The number of rotatable bonds is 6. The zero-order valence-electron chi connectivity index (χ0n) is 8.82. The third-order valence-corrected chi connectivity index (χ3v) is 2.66. The van der Waals surface area contributed by atoms with E-state index in [-0.39, 0.29) is 0 Å². The van der Waals surface area contributed by atoms with E-state index in [0.717, 1.165) is 12.3 Å². The summed E-state index contributed by atoms with van der Waals surface area (Å²) in [6.45, 7) is 1.14. The number of nitrogens with zero attached hydrogens (tertiary/aromatic N) is 1. The molecular formula is C12H19NS. The predicted octanol–water partition coefficient (Wildman–Crippen LogP) is 3.22. The van der Waals surface area contributed by atoms with Crippen LogP contribution in [0.5, 0.6) is 0 Å². The highest BCUT2D eigenvalue weighted by atomic mass is 32.1. The molecule has 2 heteroatoms. The molecule has 0 heterocycles. The summed E-state index contributed by atoms with van der Waals surface area (Å²) in [5.41, 5.74) is 1.30. The molecule has 0 saturated heterocycles. The van der Waals surface area contributed by atoms with Crippen molar-refractivity contribution in [1.29, 1.82) is 0 Å². The van der Waals surface area contributed by atoms with E-state index in [9.17, 15) is 0 Å². The molecule has 0 fully saturated rings. The molecular weight excluding hydrogens is 190 g/mol. The Morgan fingerprint density at radius 2 is 1.79 bits per heavy atom. The standard InChI is InChI=1S/C12H19NS/c1-13(10-6-3-7-11-14)12-8-4-2-5-9-12/h2,4-5,8-9,14H,3,6-7,10-11H2,1H3. The molecule has 0 spiro atoms. The summed E-state index contributed by atoms with van der Waals surface area (Å²) in [5, 5.41) is 0. The fourth-order valence-electron chi connectivity index (χ4n) is 1.45. The molecule has 0 atom stereocenters. The molecule has 0 aliphatic heterocycles. The molecule has 0 amide bonds. The van der Waals surface area contributed by atoms with Crippen LogP contribution >= 0.6 is 12.6 Å². The Hall–Kier alpha value is -0.630. The lowest BCUT2D eigenvalue weighted by Gasteiger charge is -2.18. The number of anilines is 1. The molecule has 78 valence electrons. The van der Waals surface area contributed by atoms with E-state index in [4.69, 9.17) is 0 Å². The van der Waals surface area contributed by atoms with E-state index in [0.29, 0.717) is 0 Å². The highest BCUT2D eigenvalue weighted by Crippen LogP contribution is 2.11. The topological polar surface area (TPSA) is 3.24 Å². The summed E-state index contributed by atoms with van der Waals surface area (Å²) in [7, 11) is 2.15. The van der Waals surface area contributed by atoms with Crippen molar-refractivity contribution >= 4 is 18.3 Å². The molecule has 1 aromatic rings. The van der Waals surface area contributed by atoms with Crippen molar-refractivity contribution in [2.24, 2.45) is 0 Å². The van der Waals surface area contributed by atoms with Gasteiger partial charge in [0, 0.05) is 19.3 Å². The largest absolute Gasteiger partial charge is 0.375 e. The van der Waals surface area contributed by atoms with Gasteiger partial charge in [-0.3, -0.25) is 0 Å². The van der Waals surface area contributed by atoms with E-state index >= 15 is 0 Å². The van der Waals surface area contributed by atoms with Gasteiger partial charge in [-0.05, 0) is 30.7 Å². The van der Waals surface area contributed by atoms with Gasteiger partial charge in [-0.1, -0.05) is 24.6 Å². The van der Waals surface area contributed by atoms with Crippen LogP contribution in [0.4, 0.5) is 5.69 Å². The van der Waals surface area contributed by atoms with Crippen LogP contribution in [0.2, 0.25) is 0 Å². The number of thiol groups is 1. The summed E-state index contributed by atoms with van der Waals surface area (Å²) >= 11 is 4.20. The smallest absolute Gasteiger partial charge is 0.0363 e. The van der Waals surface area contributed by atoms with Crippen molar-refractivity contribution in [2.75, 3.05) is 24.2 Å². The maximum absolute atomic E-state index is 4.20. The van der Waals surface area contributed by atoms with Crippen LogP contribution in [-0.4, -0.2) is 19.3 Å². The summed E-state index contributed by atoms with van der Waals surface area (Å²) < 4.78 is 0. The minimum atomic E-state index is 1.01. The summed E-state index contributed by atoms with van der Waals surface area (Å²) in [6, 6.07) is 10.5. The molecule has 0 unspecified atom stereocenters. The SMILES string of the molecule is CN(CCCCCS)c1ccccc1. The lowest BCUT2D eigenvalue weighted by atomic mass is 10.2. The first-order chi connectivity index (χ1) is 6.84. The first kappa shape index (κ1) is 11.4. The van der Waals surface area contributed by atoms with E-state index in [2.05, 4.69) is 54.9 Å². The Morgan fingerprint density at radius 3 is 2.43 bits per heavy atom. The Balaban J connectivity index is 2.25. The van der Waals surface area contributed by atoms with Gasteiger partial charge in [-0.2, -0.15) is 12.6 Å². The van der Waals surface area contributed by atoms with Gasteiger partial charge in [0.2, 0.25) is 0 Å². The van der Waals surface area contributed by atoms with E-state index in [1.807, 2.05) is 0 Å². The molecule has 0 aromatic heterocycles. The van der Waals surface area contributed by atoms with Crippen LogP contribution < -0.4 is 4.90 Å². The monoisotopic (exact) mass is 209 g/mol. The van der Waals surface area contributed by atoms with Gasteiger partial charge in [0.15, 0.2) is 0 Å². The Kier molecular flexibility index (Phi) is 5.53. The van der Waals surface area contributed by atoms with Crippen LogP contribution in [0.15, 0.2) is 30.3 Å². The van der Waals surface area contributed by atoms with Gasteiger partial charge in [0.05, 0.1) is 0 Å². The second-order valence-electron chi connectivity index (χ2n) is 3.54. The number of hydrogen-bond donors (Lipinski definition) is 1. The average molecular weight is 209 g/mol. The van der Waals surface area contributed by atoms with Crippen LogP contribution in [0, 0.1) is 0 Å². The van der Waals surface area contributed by atoms with Crippen molar-refractivity contribution in [3.05, 3.63) is 30.3 Å². The van der Waals surface area contributed by atoms with E-state index in [1.165, 1.54) is 24.9 Å². The minimum Gasteiger partial charge on any atom is -0.375 e. The normalized spacial score (nSPS) is 10.1. The zero-order chi connectivity index (χ0) is 10.2. The lowest BCUT2D eigenvalue weighted by Crippen LogP contribution is -2.18. The number of hydrogen-bond acceptors (Lipinski definition) is 2. The zero-order valence-corrected chi connectivity index (χ0v) is 9.71.